The van der Waals surface area contributed by atoms with Gasteiger partial charge in [0.15, 0.2) is 0 Å². The molecule has 0 unspecified atom stereocenters. The van der Waals surface area contributed by atoms with Crippen molar-refractivity contribution < 1.29 is 9.18 Å². The van der Waals surface area contributed by atoms with Gasteiger partial charge in [0.05, 0.1) is 10.7 Å². The maximum atomic E-state index is 13.5. The van der Waals surface area contributed by atoms with Gasteiger partial charge in [-0.25, -0.2) is 9.18 Å². The predicted octanol–water partition coefficient (Wildman–Crippen LogP) is 4.24. The lowest BCUT2D eigenvalue weighted by molar-refractivity contribution is 0.195. The number of para-hydroxylation sites is 1. The van der Waals surface area contributed by atoms with Crippen LogP contribution in [0, 0.1) is 5.82 Å². The highest BCUT2D eigenvalue weighted by Gasteiger charge is 2.21. The zero-order valence-electron chi connectivity index (χ0n) is 15.0. The molecule has 144 valence electrons. The van der Waals surface area contributed by atoms with Gasteiger partial charge in [-0.05, 0) is 23.8 Å². The number of rotatable bonds is 6. The third-order valence-electron chi connectivity index (χ3n) is 4.50. The zero-order chi connectivity index (χ0) is 19.1. The van der Waals surface area contributed by atoms with Crippen molar-refractivity contribution in [3.63, 3.8) is 0 Å². The van der Waals surface area contributed by atoms with Crippen molar-refractivity contribution in [1.29, 1.82) is 0 Å². The largest absolute Gasteiger partial charge is 0.367 e. The third-order valence-corrected chi connectivity index (χ3v) is 5.83. The van der Waals surface area contributed by atoms with E-state index in [0.29, 0.717) is 31.0 Å². The van der Waals surface area contributed by atoms with Crippen LogP contribution >= 0.6 is 23.4 Å². The first-order valence-corrected chi connectivity index (χ1v) is 10.5. The summed E-state index contributed by atoms with van der Waals surface area (Å²) in [6, 6.07) is 14.5. The number of carbonyl (C=O) groups is 1. The molecule has 1 heterocycles. The lowest BCUT2D eigenvalue weighted by Crippen LogP contribution is -2.52. The SMILES string of the molecule is O=C(NCCSCc1ccccc1F)N1CCN(c2ccccc2Cl)CC1. The molecule has 1 saturated heterocycles. The number of hydrogen-bond donors (Lipinski definition) is 1. The first kappa shape index (κ1) is 19.8. The van der Waals surface area contributed by atoms with Gasteiger partial charge in [0.2, 0.25) is 0 Å². The molecule has 0 aromatic heterocycles. The number of benzene rings is 2. The van der Waals surface area contributed by atoms with Gasteiger partial charge in [-0.15, -0.1) is 0 Å². The van der Waals surface area contributed by atoms with Crippen molar-refractivity contribution in [2.24, 2.45) is 0 Å². The highest BCUT2D eigenvalue weighted by Crippen LogP contribution is 2.26. The average Bonchev–Trinajstić information content (AvgIpc) is 2.69. The molecular formula is C20H23ClFN3OS. The van der Waals surface area contributed by atoms with Crippen molar-refractivity contribution in [1.82, 2.24) is 10.2 Å². The minimum Gasteiger partial charge on any atom is -0.367 e. The van der Waals surface area contributed by atoms with Crippen molar-refractivity contribution >= 4 is 35.1 Å². The summed E-state index contributed by atoms with van der Waals surface area (Å²) in [6.07, 6.45) is 0. The first-order chi connectivity index (χ1) is 13.1. The van der Waals surface area contributed by atoms with Crippen LogP contribution in [0.3, 0.4) is 0 Å². The number of anilines is 1. The molecule has 7 heteroatoms. The monoisotopic (exact) mass is 407 g/mol. The standard InChI is InChI=1S/C20H23ClFN3OS/c21-17-6-2-4-8-19(17)24-10-12-25(13-11-24)20(26)23-9-14-27-15-16-5-1-3-7-18(16)22/h1-8H,9-15H2,(H,23,26). The Morgan fingerprint density at radius 3 is 2.52 bits per heavy atom. The fourth-order valence-corrected chi connectivity index (χ4v) is 4.10. The van der Waals surface area contributed by atoms with Gasteiger partial charge >= 0.3 is 6.03 Å². The number of nitrogens with zero attached hydrogens (tertiary/aromatic N) is 2. The van der Waals surface area contributed by atoms with Crippen LogP contribution in [0.25, 0.3) is 0 Å². The van der Waals surface area contributed by atoms with Crippen molar-refractivity contribution in [2.45, 2.75) is 5.75 Å². The van der Waals surface area contributed by atoms with E-state index >= 15 is 0 Å². The minimum atomic E-state index is -0.176. The number of nitrogens with one attached hydrogen (secondary N) is 1. The summed E-state index contributed by atoms with van der Waals surface area (Å²) in [5.74, 6) is 1.18. The Bertz CT molecular complexity index is 768. The van der Waals surface area contributed by atoms with Crippen LogP contribution in [0.2, 0.25) is 5.02 Å². The Balaban J connectivity index is 1.35. The number of carbonyl (C=O) groups excluding carboxylic acids is 1. The Morgan fingerprint density at radius 1 is 1.07 bits per heavy atom. The minimum absolute atomic E-state index is 0.0414. The van der Waals surface area contributed by atoms with Crippen LogP contribution < -0.4 is 10.2 Å². The quantitative estimate of drug-likeness (QED) is 0.727. The highest BCUT2D eigenvalue weighted by atomic mass is 35.5. The van der Waals surface area contributed by atoms with Gasteiger partial charge in [0, 0.05) is 44.2 Å². The summed E-state index contributed by atoms with van der Waals surface area (Å²) in [4.78, 5) is 16.3. The van der Waals surface area contributed by atoms with E-state index in [9.17, 15) is 9.18 Å². The molecular weight excluding hydrogens is 385 g/mol. The maximum Gasteiger partial charge on any atom is 0.317 e. The molecule has 0 bridgehead atoms. The van der Waals surface area contributed by atoms with Gasteiger partial charge in [0.25, 0.3) is 0 Å². The molecule has 0 aliphatic carbocycles. The summed E-state index contributed by atoms with van der Waals surface area (Å²) >= 11 is 7.86. The summed E-state index contributed by atoms with van der Waals surface area (Å²) in [6.45, 7) is 3.43. The van der Waals surface area contributed by atoms with Gasteiger partial charge in [-0.1, -0.05) is 41.9 Å². The molecule has 0 atom stereocenters. The molecule has 0 radical (unpaired) electrons. The first-order valence-electron chi connectivity index (χ1n) is 8.98. The van der Waals surface area contributed by atoms with Crippen LogP contribution in [0.5, 0.6) is 0 Å². The van der Waals surface area contributed by atoms with Crippen LogP contribution in [0.1, 0.15) is 5.56 Å². The summed E-state index contributed by atoms with van der Waals surface area (Å²) in [5, 5.41) is 3.69. The normalized spacial score (nSPS) is 14.3. The van der Waals surface area contributed by atoms with Crippen LogP contribution in [-0.2, 0) is 5.75 Å². The molecule has 1 N–H and O–H groups in total. The summed E-state index contributed by atoms with van der Waals surface area (Å²) < 4.78 is 13.5. The lowest BCUT2D eigenvalue weighted by Gasteiger charge is -2.36. The molecule has 3 rings (SSSR count). The zero-order valence-corrected chi connectivity index (χ0v) is 16.6. The Kier molecular flexibility index (Phi) is 7.24. The van der Waals surface area contributed by atoms with Gasteiger partial charge in [-0.2, -0.15) is 11.8 Å². The van der Waals surface area contributed by atoms with Gasteiger partial charge in [0.1, 0.15) is 5.82 Å². The van der Waals surface area contributed by atoms with Crippen molar-refractivity contribution in [2.75, 3.05) is 43.4 Å². The van der Waals surface area contributed by atoms with Crippen LogP contribution in [-0.4, -0.2) is 49.4 Å². The topological polar surface area (TPSA) is 35.6 Å². The third kappa shape index (κ3) is 5.53. The number of halogens is 2. The number of amides is 2. The second-order valence-corrected chi connectivity index (χ2v) is 7.81. The molecule has 2 aromatic rings. The molecule has 27 heavy (non-hydrogen) atoms. The fourth-order valence-electron chi connectivity index (χ4n) is 3.00. The second-order valence-electron chi connectivity index (χ2n) is 6.30. The molecule has 0 saturated carbocycles. The van der Waals surface area contributed by atoms with Crippen LogP contribution in [0.4, 0.5) is 14.9 Å². The smallest absolute Gasteiger partial charge is 0.317 e. The van der Waals surface area contributed by atoms with E-state index in [1.165, 1.54) is 6.07 Å². The number of piperazine rings is 1. The van der Waals surface area contributed by atoms with Crippen molar-refractivity contribution in [3.05, 3.63) is 64.9 Å². The van der Waals surface area contributed by atoms with E-state index in [2.05, 4.69) is 10.2 Å². The Labute approximate surface area is 168 Å². The van der Waals surface area contributed by atoms with Gasteiger partial charge < -0.3 is 15.1 Å². The maximum absolute atomic E-state index is 13.5. The Hall–Kier alpha value is -1.92. The van der Waals surface area contributed by atoms with Crippen molar-refractivity contribution in [3.8, 4) is 0 Å². The molecule has 1 aliphatic rings. The van der Waals surface area contributed by atoms with E-state index < -0.39 is 0 Å². The van der Waals surface area contributed by atoms with E-state index in [0.717, 1.165) is 29.6 Å². The highest BCUT2D eigenvalue weighted by molar-refractivity contribution is 7.98. The molecule has 2 aromatic carbocycles. The number of thioether (sulfide) groups is 1. The van der Waals surface area contributed by atoms with Gasteiger partial charge in [-0.3, -0.25) is 0 Å². The predicted molar refractivity (Wildman–Crippen MR) is 111 cm³/mol. The van der Waals surface area contributed by atoms with E-state index in [-0.39, 0.29) is 11.8 Å². The fraction of sp³-hybridized carbons (Fsp3) is 0.350. The van der Waals surface area contributed by atoms with E-state index in [1.807, 2.05) is 35.2 Å². The average molecular weight is 408 g/mol. The molecule has 0 spiro atoms. The van der Waals surface area contributed by atoms with Crippen LogP contribution in [0.15, 0.2) is 48.5 Å². The number of urea groups is 1. The molecule has 2 amide bonds. The Morgan fingerprint density at radius 2 is 1.78 bits per heavy atom. The lowest BCUT2D eigenvalue weighted by atomic mass is 10.2. The molecule has 1 fully saturated rings. The second kappa shape index (κ2) is 9.85. The molecule has 1 aliphatic heterocycles. The number of hydrogen-bond acceptors (Lipinski definition) is 3. The summed E-state index contributed by atoms with van der Waals surface area (Å²) in [5.41, 5.74) is 1.72. The molecule has 4 nitrogen and oxygen atoms in total. The summed E-state index contributed by atoms with van der Waals surface area (Å²) in [7, 11) is 0. The van der Waals surface area contributed by atoms with E-state index in [1.54, 1.807) is 23.9 Å². The van der Waals surface area contributed by atoms with E-state index in [4.69, 9.17) is 11.6 Å².